The van der Waals surface area contributed by atoms with E-state index >= 15 is 0 Å². The SMILES string of the molecule is COc1cc2c3cc1Oc1c(C#N)c(OC)cc4c1[C@@H](Cc1ccc(CO)c(c1)Oc1ccc(cc1)C[C@@H]3N(C)CC2)N(C)CC4. The predicted molar refractivity (Wildman–Crippen MR) is 175 cm³/mol. The molecule has 0 aromatic heterocycles. The maximum Gasteiger partial charge on any atom is 0.169 e. The summed E-state index contributed by atoms with van der Waals surface area (Å²) in [6.07, 6.45) is 3.15. The third kappa shape index (κ3) is 5.35. The van der Waals surface area contributed by atoms with Crippen molar-refractivity contribution in [2.45, 2.75) is 44.4 Å². The van der Waals surface area contributed by atoms with Crippen molar-refractivity contribution in [2.75, 3.05) is 41.4 Å². The minimum atomic E-state index is -0.126. The van der Waals surface area contributed by atoms with Gasteiger partial charge in [-0.2, -0.15) is 5.26 Å². The summed E-state index contributed by atoms with van der Waals surface area (Å²) in [7, 11) is 7.54. The van der Waals surface area contributed by atoms with E-state index < -0.39 is 0 Å². The first-order valence-electron chi connectivity index (χ1n) is 15.8. The van der Waals surface area contributed by atoms with Crippen LogP contribution in [0.5, 0.6) is 34.5 Å². The highest BCUT2D eigenvalue weighted by atomic mass is 16.5. The van der Waals surface area contributed by atoms with Crippen molar-refractivity contribution < 1.29 is 24.1 Å². The number of fused-ring (bicyclic) bond motifs is 2. The van der Waals surface area contributed by atoms with E-state index in [-0.39, 0.29) is 18.7 Å². The van der Waals surface area contributed by atoms with Gasteiger partial charge >= 0.3 is 0 Å². The van der Waals surface area contributed by atoms with Crippen molar-refractivity contribution in [1.29, 1.82) is 5.26 Å². The van der Waals surface area contributed by atoms with E-state index in [1.165, 1.54) is 16.7 Å². The molecule has 46 heavy (non-hydrogen) atoms. The van der Waals surface area contributed by atoms with Gasteiger partial charge in [0, 0.05) is 36.3 Å². The molecule has 8 nitrogen and oxygen atoms in total. The Labute approximate surface area is 270 Å². The lowest BCUT2D eigenvalue weighted by Gasteiger charge is -2.37. The molecule has 4 aromatic carbocycles. The van der Waals surface area contributed by atoms with E-state index in [2.05, 4.69) is 54.2 Å². The Morgan fingerprint density at radius 3 is 2.20 bits per heavy atom. The molecule has 6 bridgehead atoms. The van der Waals surface area contributed by atoms with E-state index in [0.717, 1.165) is 60.4 Å². The van der Waals surface area contributed by atoms with Gasteiger partial charge in [-0.1, -0.05) is 24.3 Å². The summed E-state index contributed by atoms with van der Waals surface area (Å²) >= 11 is 0. The molecule has 0 saturated heterocycles. The van der Waals surface area contributed by atoms with Crippen LogP contribution < -0.4 is 18.9 Å². The highest BCUT2D eigenvalue weighted by Crippen LogP contribution is 2.48. The van der Waals surface area contributed by atoms with Crippen LogP contribution in [0, 0.1) is 11.3 Å². The van der Waals surface area contributed by atoms with Crippen LogP contribution in [0.15, 0.2) is 60.7 Å². The number of hydrogen-bond donors (Lipinski definition) is 1. The Morgan fingerprint density at radius 1 is 0.804 bits per heavy atom. The quantitative estimate of drug-likeness (QED) is 0.279. The molecule has 236 valence electrons. The summed E-state index contributed by atoms with van der Waals surface area (Å²) in [4.78, 5) is 4.70. The number of ether oxygens (including phenoxy) is 4. The van der Waals surface area contributed by atoms with Gasteiger partial charge in [-0.25, -0.2) is 0 Å². The molecule has 4 aliphatic heterocycles. The van der Waals surface area contributed by atoms with E-state index in [0.29, 0.717) is 40.7 Å². The first kappa shape index (κ1) is 30.1. The fourth-order valence-corrected chi connectivity index (χ4v) is 7.24. The molecule has 0 radical (unpaired) electrons. The molecule has 0 spiro atoms. The molecule has 4 aromatic rings. The predicted octanol–water partition coefficient (Wildman–Crippen LogP) is 6.51. The fraction of sp³-hybridized carbons (Fsp3) is 0.342. The van der Waals surface area contributed by atoms with E-state index in [4.69, 9.17) is 18.9 Å². The lowest BCUT2D eigenvalue weighted by atomic mass is 9.86. The maximum absolute atomic E-state index is 10.5. The Kier molecular flexibility index (Phi) is 8.07. The third-order valence-corrected chi connectivity index (χ3v) is 9.87. The first-order valence-corrected chi connectivity index (χ1v) is 15.8. The van der Waals surface area contributed by atoms with Crippen LogP contribution in [0.1, 0.15) is 56.6 Å². The van der Waals surface area contributed by atoms with Gasteiger partial charge in [0.15, 0.2) is 17.2 Å². The number of likely N-dealkylation sites (N-methyl/N-ethyl adjacent to an activating group) is 2. The van der Waals surface area contributed by atoms with Crippen LogP contribution in [-0.4, -0.2) is 56.3 Å². The molecule has 0 amide bonds. The lowest BCUT2D eigenvalue weighted by Crippen LogP contribution is -2.34. The Morgan fingerprint density at radius 2 is 1.48 bits per heavy atom. The van der Waals surface area contributed by atoms with Crippen LogP contribution in [0.2, 0.25) is 0 Å². The van der Waals surface area contributed by atoms with Crippen molar-refractivity contribution >= 4 is 0 Å². The summed E-state index contributed by atoms with van der Waals surface area (Å²) in [6, 6.07) is 22.9. The summed E-state index contributed by atoms with van der Waals surface area (Å²) in [6.45, 7) is 1.64. The second kappa shape index (κ2) is 12.3. The van der Waals surface area contributed by atoms with Gasteiger partial charge in [0.1, 0.15) is 28.9 Å². The molecule has 0 aliphatic carbocycles. The maximum atomic E-state index is 10.5. The molecule has 8 heteroatoms. The zero-order chi connectivity index (χ0) is 31.9. The first-order chi connectivity index (χ1) is 22.4. The molecule has 8 rings (SSSR count). The lowest BCUT2D eigenvalue weighted by molar-refractivity contribution is 0.222. The van der Waals surface area contributed by atoms with Gasteiger partial charge in [0.05, 0.1) is 20.8 Å². The second-order valence-electron chi connectivity index (χ2n) is 12.5. The van der Waals surface area contributed by atoms with Crippen LogP contribution in [0.3, 0.4) is 0 Å². The standard InChI is InChI=1S/C38H39N3O5/c1-40-13-11-25-18-35(44-4)36-20-29(25)31(40)15-23-6-9-28(10-7-23)45-33-17-24(5-8-27(33)22-42)16-32-37-26(12-14-41(32)2)19-34(43-3)30(21-39)38(37)46-36/h5-10,17-20,31-32,42H,11-16,22H2,1-4H3/t31-,32+/m0/s1. The minimum absolute atomic E-state index is 0.0924. The second-order valence-corrected chi connectivity index (χ2v) is 12.5. The fourth-order valence-electron chi connectivity index (χ4n) is 7.24. The third-order valence-electron chi connectivity index (χ3n) is 9.87. The van der Waals surface area contributed by atoms with Crippen LogP contribution in [0.4, 0.5) is 0 Å². The van der Waals surface area contributed by atoms with Gasteiger partial charge in [-0.3, -0.25) is 9.80 Å². The molecule has 4 aliphatic rings. The molecule has 1 N–H and O–H groups in total. The average molecular weight is 618 g/mol. The molecular weight excluding hydrogens is 578 g/mol. The number of nitriles is 1. The number of aliphatic hydroxyl groups excluding tert-OH is 1. The summed E-state index contributed by atoms with van der Waals surface area (Å²) in [5, 5.41) is 20.7. The molecule has 4 heterocycles. The molecular formula is C38H39N3O5. The normalized spacial score (nSPS) is 19.1. The molecule has 2 atom stereocenters. The number of hydrogen-bond acceptors (Lipinski definition) is 8. The summed E-state index contributed by atoms with van der Waals surface area (Å²) in [5.41, 5.74) is 7.83. The van der Waals surface area contributed by atoms with Crippen molar-refractivity contribution in [1.82, 2.24) is 9.80 Å². The summed E-state index contributed by atoms with van der Waals surface area (Å²) < 4.78 is 25.0. The van der Waals surface area contributed by atoms with Crippen molar-refractivity contribution in [3.05, 3.63) is 105 Å². The van der Waals surface area contributed by atoms with Gasteiger partial charge in [-0.05, 0) is 104 Å². The molecule has 0 unspecified atom stereocenters. The average Bonchev–Trinajstić information content (AvgIpc) is 3.07. The molecule has 0 fully saturated rings. The number of benzene rings is 4. The van der Waals surface area contributed by atoms with E-state index in [9.17, 15) is 10.4 Å². The highest BCUT2D eigenvalue weighted by molar-refractivity contribution is 5.64. The number of methoxy groups -OCH3 is 2. The van der Waals surface area contributed by atoms with Crippen molar-refractivity contribution in [3.63, 3.8) is 0 Å². The number of rotatable bonds is 3. The zero-order valence-electron chi connectivity index (χ0n) is 26.8. The minimum Gasteiger partial charge on any atom is -0.495 e. The van der Waals surface area contributed by atoms with Gasteiger partial charge in [0.25, 0.3) is 0 Å². The van der Waals surface area contributed by atoms with Gasteiger partial charge < -0.3 is 24.1 Å². The highest BCUT2D eigenvalue weighted by Gasteiger charge is 2.34. The van der Waals surface area contributed by atoms with Crippen molar-refractivity contribution in [3.8, 4) is 40.6 Å². The monoisotopic (exact) mass is 617 g/mol. The topological polar surface area (TPSA) is 87.4 Å². The Bertz CT molecular complexity index is 1830. The number of aliphatic hydroxyl groups is 1. The zero-order valence-corrected chi connectivity index (χ0v) is 26.8. The Hall–Kier alpha value is -4.55. The number of nitrogens with zero attached hydrogens (tertiary/aromatic N) is 3. The van der Waals surface area contributed by atoms with Crippen LogP contribution >= 0.6 is 0 Å². The largest absolute Gasteiger partial charge is 0.495 e. The van der Waals surface area contributed by atoms with Crippen LogP contribution in [0.25, 0.3) is 0 Å². The molecule has 0 saturated carbocycles. The summed E-state index contributed by atoms with van der Waals surface area (Å²) in [5.74, 6) is 3.59. The smallest absolute Gasteiger partial charge is 0.169 e. The van der Waals surface area contributed by atoms with E-state index in [1.54, 1.807) is 14.2 Å². The van der Waals surface area contributed by atoms with Crippen molar-refractivity contribution in [2.24, 2.45) is 0 Å². The van der Waals surface area contributed by atoms with Gasteiger partial charge in [0.2, 0.25) is 0 Å². The van der Waals surface area contributed by atoms with E-state index in [1.807, 2.05) is 36.4 Å². The van der Waals surface area contributed by atoms with Gasteiger partial charge in [-0.15, -0.1) is 0 Å². The van der Waals surface area contributed by atoms with Crippen LogP contribution in [-0.2, 0) is 32.3 Å². The Balaban J connectivity index is 1.47.